The number of piperidine rings is 1. The van der Waals surface area contributed by atoms with E-state index in [2.05, 4.69) is 58.1 Å². The minimum atomic E-state index is -0.621. The summed E-state index contributed by atoms with van der Waals surface area (Å²) in [5, 5.41) is 18.0. The zero-order valence-electron chi connectivity index (χ0n) is 20.9. The van der Waals surface area contributed by atoms with Crippen molar-refractivity contribution in [3.63, 3.8) is 0 Å². The molecule has 36 heavy (non-hydrogen) atoms. The van der Waals surface area contributed by atoms with Crippen molar-refractivity contribution in [3.05, 3.63) is 48.7 Å². The van der Waals surface area contributed by atoms with Crippen molar-refractivity contribution in [2.75, 3.05) is 36.8 Å². The van der Waals surface area contributed by atoms with Gasteiger partial charge in [-0.1, -0.05) is 17.9 Å². The average molecular weight is 510 g/mol. The Balaban J connectivity index is 1.37. The van der Waals surface area contributed by atoms with Crippen LogP contribution < -0.4 is 10.6 Å². The van der Waals surface area contributed by atoms with Crippen LogP contribution in [-0.4, -0.2) is 80.5 Å². The third kappa shape index (κ3) is 6.19. The van der Waals surface area contributed by atoms with Crippen molar-refractivity contribution in [1.82, 2.24) is 24.8 Å². The summed E-state index contributed by atoms with van der Waals surface area (Å²) in [4.78, 5) is 19.3. The molecule has 3 N–H and O–H groups in total. The van der Waals surface area contributed by atoms with Gasteiger partial charge in [-0.25, -0.2) is 15.0 Å². The van der Waals surface area contributed by atoms with Crippen LogP contribution in [0.3, 0.4) is 0 Å². The van der Waals surface area contributed by atoms with Gasteiger partial charge in [-0.2, -0.15) is 0 Å². The lowest BCUT2D eigenvalue weighted by atomic mass is 10.1. The van der Waals surface area contributed by atoms with Crippen LogP contribution in [0.15, 0.2) is 43.1 Å². The molecule has 4 unspecified atom stereocenters. The van der Waals surface area contributed by atoms with Crippen LogP contribution in [0.5, 0.6) is 0 Å². The van der Waals surface area contributed by atoms with Crippen LogP contribution in [0.4, 0.5) is 16.8 Å². The van der Waals surface area contributed by atoms with E-state index in [0.29, 0.717) is 0 Å². The standard InChI is InChI=1S/C26H35N7O2S/c1-4-24(34)33-10-6-7-20(16-33)28-22-11-19(15-32-13-17(2)35-18(3)14-32)12-23(30-22)31-26-29-21-8-5-9-27-25(21)36-26/h4-5,8-9,11-12,17-18,20,24,34H,1,6-7,10,13-16H2,2-3H3,(H2,28,29,30,31). The maximum atomic E-state index is 10.2. The van der Waals surface area contributed by atoms with E-state index < -0.39 is 6.23 Å². The van der Waals surface area contributed by atoms with Gasteiger partial charge < -0.3 is 20.5 Å². The number of ether oxygens (including phenoxy) is 1. The Morgan fingerprint density at radius 1 is 1.22 bits per heavy atom. The number of rotatable bonds is 8. The molecule has 0 radical (unpaired) electrons. The van der Waals surface area contributed by atoms with Crippen LogP contribution in [0, 0.1) is 0 Å². The Labute approximate surface area is 216 Å². The SMILES string of the molecule is C=CC(O)N1CCCC(Nc2cc(CN3CC(C)OC(C)C3)cc(Nc3nc4cccnc4s3)n2)C1. The Morgan fingerprint density at radius 2 is 2.03 bits per heavy atom. The molecule has 9 nitrogen and oxygen atoms in total. The number of hydrogen-bond acceptors (Lipinski definition) is 10. The predicted octanol–water partition coefficient (Wildman–Crippen LogP) is 3.82. The van der Waals surface area contributed by atoms with E-state index in [4.69, 9.17) is 9.72 Å². The summed E-state index contributed by atoms with van der Waals surface area (Å²) >= 11 is 1.52. The van der Waals surface area contributed by atoms with Crippen LogP contribution in [0.25, 0.3) is 10.3 Å². The zero-order valence-corrected chi connectivity index (χ0v) is 21.7. The topological polar surface area (TPSA) is 98.7 Å². The highest BCUT2D eigenvalue weighted by Gasteiger charge is 2.25. The second-order valence-electron chi connectivity index (χ2n) is 9.80. The number of aromatic nitrogens is 3. The molecule has 0 aliphatic carbocycles. The first-order valence-electron chi connectivity index (χ1n) is 12.6. The number of morpholine rings is 1. The number of likely N-dealkylation sites (tertiary alicyclic amines) is 1. The summed E-state index contributed by atoms with van der Waals surface area (Å²) in [6, 6.07) is 8.30. The highest BCUT2D eigenvalue weighted by atomic mass is 32.1. The maximum Gasteiger partial charge on any atom is 0.190 e. The van der Waals surface area contributed by atoms with Crippen molar-refractivity contribution in [1.29, 1.82) is 0 Å². The van der Waals surface area contributed by atoms with E-state index in [9.17, 15) is 5.11 Å². The summed E-state index contributed by atoms with van der Waals surface area (Å²) in [5.41, 5.74) is 2.05. The number of anilines is 3. The largest absolute Gasteiger partial charge is 0.375 e. The van der Waals surface area contributed by atoms with Crippen molar-refractivity contribution >= 4 is 38.5 Å². The minimum absolute atomic E-state index is 0.194. The van der Waals surface area contributed by atoms with Gasteiger partial charge in [0.1, 0.15) is 28.2 Å². The fourth-order valence-corrected chi connectivity index (χ4v) is 5.96. The number of aliphatic hydroxyl groups excluding tert-OH is 1. The molecular formula is C26H35N7O2S. The minimum Gasteiger partial charge on any atom is -0.375 e. The highest BCUT2D eigenvalue weighted by Crippen LogP contribution is 2.28. The Morgan fingerprint density at radius 3 is 2.81 bits per heavy atom. The molecule has 5 heterocycles. The molecule has 5 rings (SSSR count). The molecule has 2 aliphatic heterocycles. The fraction of sp³-hybridized carbons (Fsp3) is 0.500. The Hall–Kier alpha value is -2.63. The Bertz CT molecular complexity index is 1150. The van der Waals surface area contributed by atoms with Crippen LogP contribution in [0.1, 0.15) is 32.3 Å². The number of nitrogens with zero attached hydrogens (tertiary/aromatic N) is 5. The number of thiazole rings is 1. The molecule has 2 aliphatic rings. The van der Waals surface area contributed by atoms with Crippen molar-refractivity contribution in [2.24, 2.45) is 0 Å². The molecule has 0 bridgehead atoms. The third-order valence-electron chi connectivity index (χ3n) is 6.58. The molecule has 2 saturated heterocycles. The molecular weight excluding hydrogens is 474 g/mol. The maximum absolute atomic E-state index is 10.2. The first-order chi connectivity index (χ1) is 17.4. The van der Waals surface area contributed by atoms with E-state index >= 15 is 0 Å². The Kier molecular flexibility index (Phi) is 7.78. The summed E-state index contributed by atoms with van der Waals surface area (Å²) in [5.74, 6) is 1.57. The number of pyridine rings is 2. The van der Waals surface area contributed by atoms with E-state index in [0.717, 1.165) is 72.7 Å². The summed E-state index contributed by atoms with van der Waals surface area (Å²) < 4.78 is 5.92. The number of fused-ring (bicyclic) bond motifs is 1. The highest BCUT2D eigenvalue weighted by molar-refractivity contribution is 7.21. The van der Waals surface area contributed by atoms with E-state index in [-0.39, 0.29) is 18.2 Å². The van der Waals surface area contributed by atoms with Gasteiger partial charge in [-0.05, 0) is 62.6 Å². The second-order valence-corrected chi connectivity index (χ2v) is 10.8. The quantitative estimate of drug-likeness (QED) is 0.391. The average Bonchev–Trinajstić information content (AvgIpc) is 3.25. The van der Waals surface area contributed by atoms with Gasteiger partial charge in [0.25, 0.3) is 0 Å². The van der Waals surface area contributed by atoms with E-state index in [1.807, 2.05) is 17.0 Å². The zero-order chi connectivity index (χ0) is 25.1. The number of aliphatic hydroxyl groups is 1. The lowest BCUT2D eigenvalue weighted by molar-refractivity contribution is -0.0704. The van der Waals surface area contributed by atoms with E-state index in [1.165, 1.54) is 16.9 Å². The van der Waals surface area contributed by atoms with Crippen molar-refractivity contribution in [3.8, 4) is 0 Å². The van der Waals surface area contributed by atoms with Gasteiger partial charge in [0.15, 0.2) is 5.13 Å². The molecule has 4 atom stereocenters. The molecule has 3 aromatic heterocycles. The van der Waals surface area contributed by atoms with Gasteiger partial charge in [0, 0.05) is 45.0 Å². The van der Waals surface area contributed by atoms with E-state index in [1.54, 1.807) is 12.3 Å². The summed E-state index contributed by atoms with van der Waals surface area (Å²) in [6.45, 7) is 12.2. The molecule has 10 heteroatoms. The molecule has 3 aromatic rings. The smallest absolute Gasteiger partial charge is 0.190 e. The van der Waals surface area contributed by atoms with Gasteiger partial charge >= 0.3 is 0 Å². The van der Waals surface area contributed by atoms with Crippen molar-refractivity contribution < 1.29 is 9.84 Å². The van der Waals surface area contributed by atoms with Gasteiger partial charge in [0.2, 0.25) is 0 Å². The molecule has 192 valence electrons. The van der Waals surface area contributed by atoms with Gasteiger partial charge in [-0.15, -0.1) is 0 Å². The van der Waals surface area contributed by atoms with Crippen LogP contribution >= 0.6 is 11.3 Å². The molecule has 2 fully saturated rings. The third-order valence-corrected chi connectivity index (χ3v) is 7.47. The number of hydrogen-bond donors (Lipinski definition) is 3. The van der Waals surface area contributed by atoms with Gasteiger partial charge in [-0.3, -0.25) is 9.80 Å². The first-order valence-corrected chi connectivity index (χ1v) is 13.5. The predicted molar refractivity (Wildman–Crippen MR) is 145 cm³/mol. The fourth-order valence-electron chi connectivity index (χ4n) is 5.14. The molecule has 0 aromatic carbocycles. The normalized spacial score (nSPS) is 24.5. The second kappa shape index (κ2) is 11.2. The lowest BCUT2D eigenvalue weighted by Crippen LogP contribution is -2.46. The van der Waals surface area contributed by atoms with Crippen LogP contribution in [0.2, 0.25) is 0 Å². The summed E-state index contributed by atoms with van der Waals surface area (Å²) in [6.07, 6.45) is 5.21. The lowest BCUT2D eigenvalue weighted by Gasteiger charge is -2.36. The van der Waals surface area contributed by atoms with Crippen molar-refractivity contribution in [2.45, 2.75) is 57.7 Å². The molecule has 0 saturated carbocycles. The molecule has 0 spiro atoms. The molecule has 0 amide bonds. The first kappa shape index (κ1) is 25.0. The monoisotopic (exact) mass is 509 g/mol. The number of nitrogens with one attached hydrogen (secondary N) is 2. The van der Waals surface area contributed by atoms with Gasteiger partial charge in [0.05, 0.1) is 12.2 Å². The summed E-state index contributed by atoms with van der Waals surface area (Å²) in [7, 11) is 0. The van der Waals surface area contributed by atoms with Crippen LogP contribution in [-0.2, 0) is 11.3 Å².